The van der Waals surface area contributed by atoms with Crippen molar-refractivity contribution in [2.45, 2.75) is 32.7 Å². The molecule has 2 aromatic rings. The van der Waals surface area contributed by atoms with Gasteiger partial charge in [-0.15, -0.1) is 0 Å². The summed E-state index contributed by atoms with van der Waals surface area (Å²) >= 11 is 0. The molecule has 2 N–H and O–H groups in total. The molecule has 0 aliphatic rings. The predicted octanol–water partition coefficient (Wildman–Crippen LogP) is 2.31. The third-order valence-electron chi connectivity index (χ3n) is 3.28. The molecule has 0 aliphatic heterocycles. The van der Waals surface area contributed by atoms with E-state index in [9.17, 15) is 13.2 Å². The molecular formula is C15H19N3O4S. The molecule has 1 aromatic carbocycles. The lowest BCUT2D eigenvalue weighted by atomic mass is 10.1. The van der Waals surface area contributed by atoms with Crippen molar-refractivity contribution in [2.24, 2.45) is 0 Å². The van der Waals surface area contributed by atoms with Crippen LogP contribution in [0.15, 0.2) is 23.4 Å². The smallest absolute Gasteiger partial charge is 0.342 e. The van der Waals surface area contributed by atoms with E-state index in [-0.39, 0.29) is 17.2 Å². The lowest BCUT2D eigenvalue weighted by molar-refractivity contribution is 0.0522. The Kier molecular flexibility index (Phi) is 4.74. The van der Waals surface area contributed by atoms with Crippen molar-refractivity contribution in [1.29, 1.82) is 0 Å². The number of anilines is 1. The van der Waals surface area contributed by atoms with Crippen molar-refractivity contribution in [3.63, 3.8) is 0 Å². The van der Waals surface area contributed by atoms with Gasteiger partial charge in [-0.2, -0.15) is 13.5 Å². The Morgan fingerprint density at radius 1 is 1.26 bits per heavy atom. The van der Waals surface area contributed by atoms with Crippen LogP contribution in [0.4, 0.5) is 5.69 Å². The van der Waals surface area contributed by atoms with Crippen LogP contribution >= 0.6 is 0 Å². The maximum absolute atomic E-state index is 12.6. The molecule has 0 fully saturated rings. The van der Waals surface area contributed by atoms with Gasteiger partial charge in [-0.25, -0.2) is 4.79 Å². The van der Waals surface area contributed by atoms with E-state index >= 15 is 0 Å². The number of rotatable bonds is 5. The summed E-state index contributed by atoms with van der Waals surface area (Å²) in [4.78, 5) is 11.8. The molecule has 1 aromatic heterocycles. The first-order valence-corrected chi connectivity index (χ1v) is 8.55. The normalized spacial score (nSPS) is 11.3. The highest BCUT2D eigenvalue weighted by Gasteiger charge is 2.26. The van der Waals surface area contributed by atoms with Gasteiger partial charge in [-0.3, -0.25) is 9.82 Å². The van der Waals surface area contributed by atoms with Crippen LogP contribution in [0.3, 0.4) is 0 Å². The number of carbonyl (C=O) groups excluding carboxylic acids is 1. The zero-order chi connectivity index (χ0) is 17.2. The molecule has 8 heteroatoms. The second-order valence-corrected chi connectivity index (χ2v) is 6.83. The number of esters is 1. The van der Waals surface area contributed by atoms with Crippen LogP contribution in [0.2, 0.25) is 0 Å². The molecule has 0 aliphatic carbocycles. The van der Waals surface area contributed by atoms with Gasteiger partial charge >= 0.3 is 5.97 Å². The van der Waals surface area contributed by atoms with E-state index in [4.69, 9.17) is 4.74 Å². The zero-order valence-electron chi connectivity index (χ0n) is 13.4. The molecule has 0 amide bonds. The molecular weight excluding hydrogens is 318 g/mol. The summed E-state index contributed by atoms with van der Waals surface area (Å²) in [5.74, 6) is -0.737. The first-order chi connectivity index (χ1) is 10.8. The third kappa shape index (κ3) is 3.53. The number of aromatic amines is 1. The van der Waals surface area contributed by atoms with Crippen molar-refractivity contribution < 1.29 is 17.9 Å². The Morgan fingerprint density at radius 3 is 2.43 bits per heavy atom. The molecule has 0 atom stereocenters. The molecule has 2 rings (SSSR count). The first-order valence-electron chi connectivity index (χ1n) is 7.07. The number of ether oxygens (including phenoxy) is 1. The maximum Gasteiger partial charge on any atom is 0.342 e. The van der Waals surface area contributed by atoms with Gasteiger partial charge in [0.05, 0.1) is 18.5 Å². The van der Waals surface area contributed by atoms with Crippen molar-refractivity contribution >= 4 is 21.7 Å². The second-order valence-electron chi connectivity index (χ2n) is 5.21. The molecule has 124 valence electrons. The van der Waals surface area contributed by atoms with E-state index in [0.29, 0.717) is 5.69 Å². The zero-order valence-corrected chi connectivity index (χ0v) is 14.2. The lowest BCUT2D eigenvalue weighted by Crippen LogP contribution is -2.19. The summed E-state index contributed by atoms with van der Waals surface area (Å²) in [6.07, 6.45) is 1.14. The maximum atomic E-state index is 12.6. The Labute approximate surface area is 135 Å². The summed E-state index contributed by atoms with van der Waals surface area (Å²) < 4.78 is 32.5. The van der Waals surface area contributed by atoms with Crippen LogP contribution < -0.4 is 4.72 Å². The van der Waals surface area contributed by atoms with Gasteiger partial charge in [-0.05, 0) is 38.8 Å². The number of carbonyl (C=O) groups is 1. The summed E-state index contributed by atoms with van der Waals surface area (Å²) in [6, 6.07) is 3.76. The second kappa shape index (κ2) is 6.41. The summed E-state index contributed by atoms with van der Waals surface area (Å²) in [7, 11) is -3.99. The summed E-state index contributed by atoms with van der Waals surface area (Å²) in [6.45, 7) is 7.36. The number of H-pyrrole nitrogens is 1. The molecule has 0 radical (unpaired) electrons. The van der Waals surface area contributed by atoms with Crippen LogP contribution in [0.1, 0.15) is 34.0 Å². The van der Waals surface area contributed by atoms with Gasteiger partial charge in [0.1, 0.15) is 5.56 Å². The first kappa shape index (κ1) is 17.0. The fourth-order valence-electron chi connectivity index (χ4n) is 2.36. The monoisotopic (exact) mass is 337 g/mol. The molecule has 0 saturated heterocycles. The largest absolute Gasteiger partial charge is 0.462 e. The number of aryl methyl sites for hydroxylation is 3. The molecule has 0 bridgehead atoms. The van der Waals surface area contributed by atoms with E-state index in [0.717, 1.165) is 22.9 Å². The average molecular weight is 337 g/mol. The Balaban J connectivity index is 2.42. The number of hydrogen-bond donors (Lipinski definition) is 2. The molecule has 7 nitrogen and oxygen atoms in total. The third-order valence-corrected chi connectivity index (χ3v) is 4.60. The Hall–Kier alpha value is -2.35. The Bertz CT molecular complexity index is 817. The number of benzene rings is 1. The number of aromatic nitrogens is 2. The molecule has 1 heterocycles. The van der Waals surface area contributed by atoms with Crippen molar-refractivity contribution in [3.8, 4) is 0 Å². The van der Waals surface area contributed by atoms with Crippen molar-refractivity contribution in [1.82, 2.24) is 10.2 Å². The lowest BCUT2D eigenvalue weighted by Gasteiger charge is -2.14. The number of nitrogens with zero attached hydrogens (tertiary/aromatic N) is 1. The van der Waals surface area contributed by atoms with Crippen LogP contribution in [0, 0.1) is 20.8 Å². The SMILES string of the molecule is CCOC(=O)c1cn[nH]c1S(=O)(=O)Nc1c(C)cc(C)cc1C. The van der Waals surface area contributed by atoms with Gasteiger partial charge < -0.3 is 4.74 Å². The molecule has 0 saturated carbocycles. The van der Waals surface area contributed by atoms with Gasteiger partial charge in [0.25, 0.3) is 10.0 Å². The fourth-order valence-corrected chi connectivity index (χ4v) is 3.65. The van der Waals surface area contributed by atoms with Crippen LogP contribution in [0.25, 0.3) is 0 Å². The summed E-state index contributed by atoms with van der Waals surface area (Å²) in [5, 5.41) is 5.69. The van der Waals surface area contributed by atoms with E-state index in [1.54, 1.807) is 6.92 Å². The van der Waals surface area contributed by atoms with Gasteiger partial charge in [0, 0.05) is 0 Å². The van der Waals surface area contributed by atoms with Crippen molar-refractivity contribution in [3.05, 3.63) is 40.6 Å². The minimum atomic E-state index is -3.99. The quantitative estimate of drug-likeness (QED) is 0.815. The number of sulfonamides is 1. The average Bonchev–Trinajstić information content (AvgIpc) is 2.93. The van der Waals surface area contributed by atoms with Gasteiger partial charge in [0.2, 0.25) is 0 Å². The number of hydrogen-bond acceptors (Lipinski definition) is 5. The molecule has 0 spiro atoms. The standard InChI is InChI=1S/C15H19N3O4S/c1-5-22-15(19)12-8-16-17-14(12)23(20,21)18-13-10(3)6-9(2)7-11(13)4/h6-8,18H,5H2,1-4H3,(H,16,17). The number of nitrogens with one attached hydrogen (secondary N) is 2. The van der Waals surface area contributed by atoms with E-state index in [2.05, 4.69) is 14.9 Å². The highest BCUT2D eigenvalue weighted by atomic mass is 32.2. The predicted molar refractivity (Wildman–Crippen MR) is 86.0 cm³/mol. The van der Waals surface area contributed by atoms with E-state index in [1.165, 1.54) is 0 Å². The molecule has 23 heavy (non-hydrogen) atoms. The highest BCUT2D eigenvalue weighted by molar-refractivity contribution is 7.92. The topological polar surface area (TPSA) is 101 Å². The minimum Gasteiger partial charge on any atom is -0.462 e. The van der Waals surface area contributed by atoms with Crippen LogP contribution in [-0.4, -0.2) is 31.2 Å². The minimum absolute atomic E-state index is 0.123. The van der Waals surface area contributed by atoms with E-state index < -0.39 is 16.0 Å². The van der Waals surface area contributed by atoms with Crippen molar-refractivity contribution in [2.75, 3.05) is 11.3 Å². The summed E-state index contributed by atoms with van der Waals surface area (Å²) in [5.41, 5.74) is 2.99. The molecule has 0 unspecified atom stereocenters. The van der Waals surface area contributed by atoms with Crippen LogP contribution in [0.5, 0.6) is 0 Å². The van der Waals surface area contributed by atoms with Crippen LogP contribution in [-0.2, 0) is 14.8 Å². The van der Waals surface area contributed by atoms with Gasteiger partial charge in [-0.1, -0.05) is 17.7 Å². The van der Waals surface area contributed by atoms with E-state index in [1.807, 2.05) is 32.9 Å². The Morgan fingerprint density at radius 2 is 1.87 bits per heavy atom. The van der Waals surface area contributed by atoms with Gasteiger partial charge in [0.15, 0.2) is 5.03 Å². The fraction of sp³-hybridized carbons (Fsp3) is 0.333. The highest BCUT2D eigenvalue weighted by Crippen LogP contribution is 2.25.